The molecule has 0 fully saturated rings. The zero-order chi connectivity index (χ0) is 3.58. The van der Waals surface area contributed by atoms with Crippen LogP contribution < -0.4 is 0 Å². The molecule has 50 valence electrons. The summed E-state index contributed by atoms with van der Waals surface area (Å²) in [7, 11) is 0. The van der Waals surface area contributed by atoms with Crippen molar-refractivity contribution in [3.63, 3.8) is 0 Å². The molecule has 8 heavy (non-hydrogen) atoms. The molecule has 0 unspecified atom stereocenters. The van der Waals surface area contributed by atoms with Crippen LogP contribution in [0.15, 0.2) is 0 Å². The molecular weight excluding hydrogens is 173 g/mol. The van der Waals surface area contributed by atoms with Gasteiger partial charge < -0.3 is 22.3 Å². The van der Waals surface area contributed by atoms with E-state index in [0.29, 0.717) is 0 Å². The standard InChI is InChI=1S/C4H10.3CH3.Y/c1-4(2)3;;;;/h4H,1-3H3;3*1H3;/q;3*-1;+3. The SMILES string of the molecule is CC(C)C.[CH3-].[CH3-].[CH3-].[Y+3]. The van der Waals surface area contributed by atoms with Gasteiger partial charge in [-0.25, -0.2) is 0 Å². The largest absolute Gasteiger partial charge is 3.00 e. The Morgan fingerprint density at radius 2 is 0.750 bits per heavy atom. The molecular formula is C7H19Y. The van der Waals surface area contributed by atoms with Crippen LogP contribution in [-0.4, -0.2) is 0 Å². The van der Waals surface area contributed by atoms with Gasteiger partial charge in [0.25, 0.3) is 0 Å². The fraction of sp³-hybridized carbons (Fsp3) is 0.571. The molecule has 0 N–H and O–H groups in total. The van der Waals surface area contributed by atoms with Gasteiger partial charge in [-0.3, -0.25) is 0 Å². The van der Waals surface area contributed by atoms with Crippen molar-refractivity contribution in [2.45, 2.75) is 20.8 Å². The van der Waals surface area contributed by atoms with E-state index in [4.69, 9.17) is 0 Å². The average molecular weight is 192 g/mol. The summed E-state index contributed by atoms with van der Waals surface area (Å²) in [5, 5.41) is 0. The molecule has 0 radical (unpaired) electrons. The molecule has 0 bridgehead atoms. The van der Waals surface area contributed by atoms with E-state index in [0.717, 1.165) is 5.92 Å². The minimum atomic E-state index is 0. The Hall–Kier alpha value is 1.10. The first kappa shape index (κ1) is 35.5. The molecule has 1 heteroatoms. The van der Waals surface area contributed by atoms with E-state index in [2.05, 4.69) is 20.8 Å². The van der Waals surface area contributed by atoms with Crippen LogP contribution in [0.1, 0.15) is 20.8 Å². The Bertz CT molecular complexity index is 9.10. The Morgan fingerprint density at radius 3 is 0.750 bits per heavy atom. The molecule has 0 spiro atoms. The molecule has 0 amide bonds. The van der Waals surface area contributed by atoms with Crippen LogP contribution in [0.4, 0.5) is 0 Å². The molecule has 0 saturated heterocycles. The quantitative estimate of drug-likeness (QED) is 0.517. The molecule has 0 aliphatic heterocycles. The predicted octanol–water partition coefficient (Wildman–Crippen LogP) is 3.01. The van der Waals surface area contributed by atoms with E-state index in [-0.39, 0.29) is 55.0 Å². The molecule has 0 aromatic rings. The van der Waals surface area contributed by atoms with Crippen molar-refractivity contribution >= 4 is 0 Å². The molecule has 0 nitrogen and oxygen atoms in total. The van der Waals surface area contributed by atoms with Crippen LogP contribution >= 0.6 is 0 Å². The van der Waals surface area contributed by atoms with Gasteiger partial charge in [0, 0.05) is 0 Å². The maximum atomic E-state index is 2.17. The van der Waals surface area contributed by atoms with Crippen LogP contribution in [0.2, 0.25) is 0 Å². The summed E-state index contributed by atoms with van der Waals surface area (Å²) < 4.78 is 0. The molecule has 0 aromatic carbocycles. The summed E-state index contributed by atoms with van der Waals surface area (Å²) in [6.07, 6.45) is 0. The van der Waals surface area contributed by atoms with Crippen molar-refractivity contribution in [1.82, 2.24) is 0 Å². The second-order valence-electron chi connectivity index (χ2n) is 1.73. The zero-order valence-corrected chi connectivity index (χ0v) is 9.99. The summed E-state index contributed by atoms with van der Waals surface area (Å²) >= 11 is 0. The van der Waals surface area contributed by atoms with Crippen LogP contribution in [0, 0.1) is 28.2 Å². The third-order valence-electron chi connectivity index (χ3n) is 0. The van der Waals surface area contributed by atoms with Crippen molar-refractivity contribution in [2.75, 3.05) is 0 Å². The van der Waals surface area contributed by atoms with E-state index in [1.54, 1.807) is 0 Å². The van der Waals surface area contributed by atoms with E-state index in [1.807, 2.05) is 0 Å². The maximum absolute atomic E-state index is 2.17. The molecule has 0 aromatic heterocycles. The van der Waals surface area contributed by atoms with Gasteiger partial charge in [-0.2, -0.15) is 0 Å². The van der Waals surface area contributed by atoms with Crippen molar-refractivity contribution in [3.05, 3.63) is 22.3 Å². The van der Waals surface area contributed by atoms with Gasteiger partial charge in [-0.15, -0.1) is 0 Å². The molecule has 0 rings (SSSR count). The van der Waals surface area contributed by atoms with E-state index in [9.17, 15) is 0 Å². The van der Waals surface area contributed by atoms with Crippen LogP contribution in [0.25, 0.3) is 0 Å². The van der Waals surface area contributed by atoms with Crippen molar-refractivity contribution in [2.24, 2.45) is 5.92 Å². The van der Waals surface area contributed by atoms with Crippen LogP contribution in [0.3, 0.4) is 0 Å². The molecule has 0 heterocycles. The summed E-state index contributed by atoms with van der Waals surface area (Å²) in [6.45, 7) is 6.50. The number of rotatable bonds is 0. The predicted molar refractivity (Wildman–Crippen MR) is 39.8 cm³/mol. The van der Waals surface area contributed by atoms with Crippen LogP contribution in [0.5, 0.6) is 0 Å². The number of hydrogen-bond acceptors (Lipinski definition) is 0. The maximum Gasteiger partial charge on any atom is 3.00 e. The van der Waals surface area contributed by atoms with Crippen molar-refractivity contribution in [1.29, 1.82) is 0 Å². The van der Waals surface area contributed by atoms with Gasteiger partial charge in [0.2, 0.25) is 0 Å². The molecule has 0 atom stereocenters. The van der Waals surface area contributed by atoms with Crippen molar-refractivity contribution in [3.8, 4) is 0 Å². The fourth-order valence-electron chi connectivity index (χ4n) is 0. The molecule has 0 saturated carbocycles. The third-order valence-corrected chi connectivity index (χ3v) is 0. The Labute approximate surface area is 81.3 Å². The Morgan fingerprint density at radius 1 is 0.750 bits per heavy atom. The summed E-state index contributed by atoms with van der Waals surface area (Å²) in [6, 6.07) is 0. The van der Waals surface area contributed by atoms with Gasteiger partial charge in [0.15, 0.2) is 0 Å². The first-order valence-corrected chi connectivity index (χ1v) is 1.73. The van der Waals surface area contributed by atoms with E-state index < -0.39 is 0 Å². The number of hydrogen-bond donors (Lipinski definition) is 0. The first-order chi connectivity index (χ1) is 1.73. The van der Waals surface area contributed by atoms with E-state index in [1.165, 1.54) is 0 Å². The molecule has 0 aliphatic rings. The average Bonchev–Trinajstić information content (AvgIpc) is 0.811. The minimum absolute atomic E-state index is 0. The van der Waals surface area contributed by atoms with Gasteiger partial charge >= 0.3 is 32.7 Å². The van der Waals surface area contributed by atoms with Gasteiger partial charge in [-0.05, 0) is 5.92 Å². The topological polar surface area (TPSA) is 0 Å². The fourth-order valence-corrected chi connectivity index (χ4v) is 0. The van der Waals surface area contributed by atoms with Crippen molar-refractivity contribution < 1.29 is 32.7 Å². The first-order valence-electron chi connectivity index (χ1n) is 1.73. The van der Waals surface area contributed by atoms with Gasteiger partial charge in [0.05, 0.1) is 0 Å². The van der Waals surface area contributed by atoms with Gasteiger partial charge in [-0.1, -0.05) is 20.8 Å². The second kappa shape index (κ2) is 24.3. The Balaban J connectivity index is -0.00000000750. The summed E-state index contributed by atoms with van der Waals surface area (Å²) in [4.78, 5) is 0. The zero-order valence-electron chi connectivity index (χ0n) is 7.15. The van der Waals surface area contributed by atoms with Gasteiger partial charge in [0.1, 0.15) is 0 Å². The minimum Gasteiger partial charge on any atom is -0.358 e. The summed E-state index contributed by atoms with van der Waals surface area (Å²) in [5.41, 5.74) is 0. The normalized spacial score (nSPS) is 4.50. The molecule has 0 aliphatic carbocycles. The second-order valence-corrected chi connectivity index (χ2v) is 1.73. The monoisotopic (exact) mass is 192 g/mol. The third kappa shape index (κ3) is 217. The van der Waals surface area contributed by atoms with E-state index >= 15 is 0 Å². The van der Waals surface area contributed by atoms with Crippen LogP contribution in [-0.2, 0) is 32.7 Å². The Kier molecular flexibility index (Phi) is 108. The smallest absolute Gasteiger partial charge is 0.358 e. The summed E-state index contributed by atoms with van der Waals surface area (Å²) in [5.74, 6) is 0.833.